The molecule has 1 unspecified atom stereocenters. The van der Waals surface area contributed by atoms with Crippen LogP contribution in [0.5, 0.6) is 0 Å². The minimum Gasteiger partial charge on any atom is -0.356 e. The molecule has 1 atom stereocenters. The van der Waals surface area contributed by atoms with E-state index in [-0.39, 0.29) is 11.8 Å². The molecule has 3 heterocycles. The Hall–Kier alpha value is -2.19. The fourth-order valence-electron chi connectivity index (χ4n) is 3.79. The van der Waals surface area contributed by atoms with E-state index in [0.29, 0.717) is 24.2 Å². The summed E-state index contributed by atoms with van der Waals surface area (Å²) in [6.07, 6.45) is 3.97. The second-order valence-corrected chi connectivity index (χ2v) is 8.84. The third-order valence-electron chi connectivity index (χ3n) is 5.02. The van der Waals surface area contributed by atoms with Crippen molar-refractivity contribution in [2.75, 3.05) is 12.3 Å². The predicted molar refractivity (Wildman–Crippen MR) is 98.1 cm³/mol. The summed E-state index contributed by atoms with van der Waals surface area (Å²) in [7, 11) is -1.53. The summed E-state index contributed by atoms with van der Waals surface area (Å²) >= 11 is 0. The monoisotopic (exact) mass is 374 g/mol. The quantitative estimate of drug-likeness (QED) is 0.686. The van der Waals surface area contributed by atoms with E-state index >= 15 is 0 Å². The van der Waals surface area contributed by atoms with Gasteiger partial charge in [0.25, 0.3) is 0 Å². The van der Waals surface area contributed by atoms with Crippen LogP contribution < -0.4 is 0 Å². The Morgan fingerprint density at radius 2 is 2.12 bits per heavy atom. The van der Waals surface area contributed by atoms with Gasteiger partial charge < -0.3 is 4.52 Å². The second-order valence-electron chi connectivity index (χ2n) is 6.80. The number of nitrogens with zero attached hydrogens (tertiary/aromatic N) is 4. The standard InChI is InChI=1S/C18H22N4O3S/c1-13-15(12-21(2)19-13)17-7-5-10-22(17)26(23,24)11-9-16-14-6-3-4-8-18(14)25-20-16/h3-4,6,8,12,17H,5,7,9-11H2,1-2H3. The molecule has 0 aliphatic carbocycles. The molecule has 0 spiro atoms. The fourth-order valence-corrected chi connectivity index (χ4v) is 5.49. The van der Waals surface area contributed by atoms with Gasteiger partial charge in [-0.1, -0.05) is 17.3 Å². The maximum Gasteiger partial charge on any atom is 0.215 e. The van der Waals surface area contributed by atoms with Gasteiger partial charge in [0.15, 0.2) is 5.58 Å². The second kappa shape index (κ2) is 6.51. The maximum atomic E-state index is 13.0. The lowest BCUT2D eigenvalue weighted by Gasteiger charge is -2.23. The van der Waals surface area contributed by atoms with E-state index in [2.05, 4.69) is 10.3 Å². The molecule has 8 heteroatoms. The molecule has 1 aromatic carbocycles. The lowest BCUT2D eigenvalue weighted by molar-refractivity contribution is 0.395. The third kappa shape index (κ3) is 3.03. The Morgan fingerprint density at radius 3 is 2.88 bits per heavy atom. The average molecular weight is 374 g/mol. The van der Waals surface area contributed by atoms with E-state index < -0.39 is 10.0 Å². The van der Waals surface area contributed by atoms with Gasteiger partial charge >= 0.3 is 0 Å². The van der Waals surface area contributed by atoms with Gasteiger partial charge in [-0.05, 0) is 31.9 Å². The van der Waals surface area contributed by atoms with Crippen LogP contribution in [0.4, 0.5) is 0 Å². The van der Waals surface area contributed by atoms with Crippen LogP contribution in [-0.4, -0.2) is 40.0 Å². The van der Waals surface area contributed by atoms with Crippen LogP contribution in [-0.2, 0) is 23.5 Å². The minimum absolute atomic E-state index is 0.0271. The summed E-state index contributed by atoms with van der Waals surface area (Å²) in [6, 6.07) is 7.40. The molecule has 0 N–H and O–H groups in total. The molecule has 4 rings (SSSR count). The van der Waals surface area contributed by atoms with E-state index in [9.17, 15) is 8.42 Å². The molecule has 2 aromatic heterocycles. The molecule has 1 aliphatic rings. The van der Waals surface area contributed by atoms with Gasteiger partial charge in [0.1, 0.15) is 0 Å². The lowest BCUT2D eigenvalue weighted by Crippen LogP contribution is -2.33. The van der Waals surface area contributed by atoms with Gasteiger partial charge in [0.05, 0.1) is 23.2 Å². The highest BCUT2D eigenvalue weighted by Crippen LogP contribution is 2.35. The molecule has 1 aliphatic heterocycles. The Morgan fingerprint density at radius 1 is 1.31 bits per heavy atom. The number of benzene rings is 1. The first-order valence-corrected chi connectivity index (χ1v) is 10.4. The van der Waals surface area contributed by atoms with Gasteiger partial charge in [-0.2, -0.15) is 9.40 Å². The van der Waals surface area contributed by atoms with Crippen molar-refractivity contribution >= 4 is 21.0 Å². The predicted octanol–water partition coefficient (Wildman–Crippen LogP) is 2.58. The van der Waals surface area contributed by atoms with Crippen molar-refractivity contribution in [3.8, 4) is 0 Å². The zero-order chi connectivity index (χ0) is 18.3. The van der Waals surface area contributed by atoms with Gasteiger partial charge in [-0.3, -0.25) is 4.68 Å². The number of fused-ring (bicyclic) bond motifs is 1. The van der Waals surface area contributed by atoms with Crippen LogP contribution >= 0.6 is 0 Å². The minimum atomic E-state index is -3.39. The van der Waals surface area contributed by atoms with E-state index in [1.54, 1.807) is 8.99 Å². The molecule has 0 radical (unpaired) electrons. The molecule has 0 amide bonds. The Kier molecular flexibility index (Phi) is 4.32. The number of hydrogen-bond donors (Lipinski definition) is 0. The van der Waals surface area contributed by atoms with Crippen molar-refractivity contribution in [2.24, 2.45) is 7.05 Å². The van der Waals surface area contributed by atoms with Crippen molar-refractivity contribution in [1.29, 1.82) is 0 Å². The molecule has 0 saturated carbocycles. The Bertz CT molecular complexity index is 1040. The molecule has 0 bridgehead atoms. The number of sulfonamides is 1. The van der Waals surface area contributed by atoms with E-state index in [1.807, 2.05) is 44.4 Å². The average Bonchev–Trinajstić information content (AvgIpc) is 3.31. The van der Waals surface area contributed by atoms with Crippen molar-refractivity contribution in [3.05, 3.63) is 47.4 Å². The van der Waals surface area contributed by atoms with E-state index in [4.69, 9.17) is 4.52 Å². The fraction of sp³-hybridized carbons (Fsp3) is 0.444. The summed E-state index contributed by atoms with van der Waals surface area (Å²) in [5, 5.41) is 9.29. The molecule has 3 aromatic rings. The van der Waals surface area contributed by atoms with Gasteiger partial charge in [0, 0.05) is 37.2 Å². The zero-order valence-electron chi connectivity index (χ0n) is 14.9. The van der Waals surface area contributed by atoms with E-state index in [0.717, 1.165) is 29.5 Å². The summed E-state index contributed by atoms with van der Waals surface area (Å²) in [4.78, 5) is 0. The van der Waals surface area contributed by atoms with Crippen LogP contribution in [0.1, 0.15) is 35.8 Å². The molecule has 138 valence electrons. The van der Waals surface area contributed by atoms with Crippen LogP contribution in [0.3, 0.4) is 0 Å². The van der Waals surface area contributed by atoms with Crippen LogP contribution in [0, 0.1) is 6.92 Å². The molecule has 26 heavy (non-hydrogen) atoms. The number of hydrogen-bond acceptors (Lipinski definition) is 5. The lowest BCUT2D eigenvalue weighted by atomic mass is 10.1. The maximum absolute atomic E-state index is 13.0. The number of rotatable bonds is 5. The highest BCUT2D eigenvalue weighted by Gasteiger charge is 2.36. The molecular weight excluding hydrogens is 352 g/mol. The topological polar surface area (TPSA) is 81.2 Å². The Labute approximate surface area is 152 Å². The SMILES string of the molecule is Cc1nn(C)cc1C1CCCN1S(=O)(=O)CCc1noc2ccccc12. The van der Waals surface area contributed by atoms with Crippen molar-refractivity contribution in [1.82, 2.24) is 19.2 Å². The Balaban J connectivity index is 1.55. The van der Waals surface area contributed by atoms with Gasteiger partial charge in [-0.15, -0.1) is 0 Å². The van der Waals surface area contributed by atoms with Crippen LogP contribution in [0.25, 0.3) is 11.0 Å². The number of para-hydroxylation sites is 1. The summed E-state index contributed by atoms with van der Waals surface area (Å²) in [5.74, 6) is 0.0271. The summed E-state index contributed by atoms with van der Waals surface area (Å²) in [5.41, 5.74) is 3.27. The molecule has 1 saturated heterocycles. The van der Waals surface area contributed by atoms with Crippen molar-refractivity contribution in [3.63, 3.8) is 0 Å². The van der Waals surface area contributed by atoms with Crippen molar-refractivity contribution in [2.45, 2.75) is 32.2 Å². The first-order chi connectivity index (χ1) is 12.5. The van der Waals surface area contributed by atoms with E-state index in [1.165, 1.54) is 0 Å². The number of aromatic nitrogens is 3. The normalized spacial score (nSPS) is 18.8. The van der Waals surface area contributed by atoms with Crippen LogP contribution in [0.15, 0.2) is 35.0 Å². The van der Waals surface area contributed by atoms with Crippen LogP contribution in [0.2, 0.25) is 0 Å². The summed E-state index contributed by atoms with van der Waals surface area (Å²) in [6.45, 7) is 2.49. The molecule has 7 nitrogen and oxygen atoms in total. The smallest absolute Gasteiger partial charge is 0.215 e. The largest absolute Gasteiger partial charge is 0.356 e. The highest BCUT2D eigenvalue weighted by atomic mass is 32.2. The van der Waals surface area contributed by atoms with Gasteiger partial charge in [-0.25, -0.2) is 8.42 Å². The molecule has 1 fully saturated rings. The third-order valence-corrected chi connectivity index (χ3v) is 6.89. The van der Waals surface area contributed by atoms with Gasteiger partial charge in [0.2, 0.25) is 10.0 Å². The first kappa shape index (κ1) is 17.2. The molecular formula is C18H22N4O3S. The highest BCUT2D eigenvalue weighted by molar-refractivity contribution is 7.89. The zero-order valence-corrected chi connectivity index (χ0v) is 15.7. The van der Waals surface area contributed by atoms with Crippen molar-refractivity contribution < 1.29 is 12.9 Å². The first-order valence-electron chi connectivity index (χ1n) is 8.78. The number of aryl methyl sites for hydroxylation is 3. The summed E-state index contributed by atoms with van der Waals surface area (Å²) < 4.78 is 34.7.